The van der Waals surface area contributed by atoms with E-state index in [2.05, 4.69) is 59.8 Å². The normalized spacial score (nSPS) is 27.0. The summed E-state index contributed by atoms with van der Waals surface area (Å²) in [6, 6.07) is 0. The molecule has 80 valence electrons. The highest BCUT2D eigenvalue weighted by Crippen LogP contribution is 2.43. The van der Waals surface area contributed by atoms with Crippen LogP contribution in [0.15, 0.2) is 23.8 Å². The Balaban J connectivity index is 2.71. The molecule has 0 amide bonds. The molecule has 0 aromatic heterocycles. The van der Waals surface area contributed by atoms with E-state index in [9.17, 15) is 0 Å². The Morgan fingerprint density at radius 1 is 1.36 bits per heavy atom. The molecule has 1 aliphatic carbocycles. The van der Waals surface area contributed by atoms with Crippen molar-refractivity contribution in [1.82, 2.24) is 0 Å². The fourth-order valence-electron chi connectivity index (χ4n) is 1.88. The number of hydrogen-bond donors (Lipinski definition) is 0. The van der Waals surface area contributed by atoms with Gasteiger partial charge in [0.1, 0.15) is 0 Å². The molecule has 1 rings (SSSR count). The first kappa shape index (κ1) is 11.6. The van der Waals surface area contributed by atoms with Gasteiger partial charge in [-0.3, -0.25) is 0 Å². The van der Waals surface area contributed by atoms with E-state index in [4.69, 9.17) is 0 Å². The fraction of sp³-hybridized carbons (Fsp3) is 0.714. The molecule has 1 unspecified atom stereocenters. The minimum atomic E-state index is 0.312. The first-order valence-corrected chi connectivity index (χ1v) is 5.60. The van der Waals surface area contributed by atoms with E-state index in [0.29, 0.717) is 16.7 Å². The molecule has 0 heteroatoms. The number of allylic oxidation sites excluding steroid dienone is 4. The lowest BCUT2D eigenvalue weighted by Crippen LogP contribution is -2.19. The van der Waals surface area contributed by atoms with E-state index in [-0.39, 0.29) is 0 Å². The average Bonchev–Trinajstić information content (AvgIpc) is 2.23. The van der Waals surface area contributed by atoms with Crippen molar-refractivity contribution in [2.45, 2.75) is 48.0 Å². The van der Waals surface area contributed by atoms with Crippen molar-refractivity contribution < 1.29 is 0 Å². The van der Waals surface area contributed by atoms with Crippen LogP contribution in [0, 0.1) is 16.7 Å². The molecule has 1 aliphatic rings. The fourth-order valence-corrected chi connectivity index (χ4v) is 1.88. The molecule has 0 radical (unpaired) electrons. The summed E-state index contributed by atoms with van der Waals surface area (Å²) >= 11 is 0. The van der Waals surface area contributed by atoms with Crippen molar-refractivity contribution in [3.05, 3.63) is 23.8 Å². The summed E-state index contributed by atoms with van der Waals surface area (Å²) in [6.45, 7) is 13.7. The first-order valence-electron chi connectivity index (χ1n) is 5.60. The van der Waals surface area contributed by atoms with Gasteiger partial charge in [-0.2, -0.15) is 0 Å². The predicted molar refractivity (Wildman–Crippen MR) is 64.2 cm³/mol. The monoisotopic (exact) mass is 192 g/mol. The number of rotatable bonds is 1. The zero-order chi connectivity index (χ0) is 11.0. The van der Waals surface area contributed by atoms with Crippen LogP contribution in [-0.2, 0) is 0 Å². The topological polar surface area (TPSA) is 0 Å². The Kier molecular flexibility index (Phi) is 2.94. The second-order valence-corrected chi connectivity index (χ2v) is 6.18. The smallest absolute Gasteiger partial charge is 0.00817 e. The van der Waals surface area contributed by atoms with E-state index < -0.39 is 0 Å². The highest BCUT2D eigenvalue weighted by Gasteiger charge is 2.33. The van der Waals surface area contributed by atoms with Gasteiger partial charge in [0.15, 0.2) is 0 Å². The summed E-state index contributed by atoms with van der Waals surface area (Å²) in [5.74, 6) is 0.696. The Hall–Kier alpha value is -0.520. The van der Waals surface area contributed by atoms with Gasteiger partial charge in [0.25, 0.3) is 0 Å². The van der Waals surface area contributed by atoms with Crippen LogP contribution in [-0.4, -0.2) is 0 Å². The highest BCUT2D eigenvalue weighted by molar-refractivity contribution is 5.22. The van der Waals surface area contributed by atoms with Crippen LogP contribution in [0.5, 0.6) is 0 Å². The molecule has 0 nitrogen and oxygen atoms in total. The second kappa shape index (κ2) is 3.56. The largest absolute Gasteiger partial charge is 0.0844 e. The van der Waals surface area contributed by atoms with Crippen molar-refractivity contribution in [2.24, 2.45) is 16.7 Å². The van der Waals surface area contributed by atoms with Crippen LogP contribution in [0.4, 0.5) is 0 Å². The molecule has 0 saturated carbocycles. The SMILES string of the molecule is CC1=CCC(/C=C/C(C)(C)C)C1(C)C. The van der Waals surface area contributed by atoms with Gasteiger partial charge in [0.2, 0.25) is 0 Å². The van der Waals surface area contributed by atoms with Gasteiger partial charge in [-0.05, 0) is 30.1 Å². The molecule has 0 aromatic carbocycles. The summed E-state index contributed by atoms with van der Waals surface area (Å²) in [5.41, 5.74) is 2.22. The molecule has 0 saturated heterocycles. The van der Waals surface area contributed by atoms with E-state index in [1.54, 1.807) is 5.57 Å². The van der Waals surface area contributed by atoms with Crippen molar-refractivity contribution in [2.75, 3.05) is 0 Å². The Labute approximate surface area is 89.1 Å². The molecule has 0 aromatic rings. The van der Waals surface area contributed by atoms with Crippen molar-refractivity contribution >= 4 is 0 Å². The Bertz CT molecular complexity index is 258. The third-order valence-electron chi connectivity index (χ3n) is 3.45. The number of hydrogen-bond acceptors (Lipinski definition) is 0. The summed E-state index contributed by atoms with van der Waals surface area (Å²) < 4.78 is 0. The average molecular weight is 192 g/mol. The first-order chi connectivity index (χ1) is 6.23. The van der Waals surface area contributed by atoms with Crippen LogP contribution in [0.2, 0.25) is 0 Å². The quantitative estimate of drug-likeness (QED) is 0.533. The van der Waals surface area contributed by atoms with Crippen molar-refractivity contribution in [3.63, 3.8) is 0 Å². The second-order valence-electron chi connectivity index (χ2n) is 6.18. The molecular weight excluding hydrogens is 168 g/mol. The summed E-state index contributed by atoms with van der Waals surface area (Å²) in [7, 11) is 0. The van der Waals surface area contributed by atoms with Gasteiger partial charge in [-0.1, -0.05) is 58.4 Å². The van der Waals surface area contributed by atoms with E-state index in [0.717, 1.165) is 0 Å². The molecule has 0 aliphatic heterocycles. The zero-order valence-electron chi connectivity index (χ0n) is 10.5. The van der Waals surface area contributed by atoms with Crippen LogP contribution in [0.25, 0.3) is 0 Å². The Morgan fingerprint density at radius 3 is 2.29 bits per heavy atom. The molecule has 0 bridgehead atoms. The molecule has 0 fully saturated rings. The standard InChI is InChI=1S/C14H24/c1-11-7-8-12(14(11,5)6)9-10-13(2,3)4/h7,9-10,12H,8H2,1-6H3/b10-9+. The van der Waals surface area contributed by atoms with Crippen molar-refractivity contribution in [3.8, 4) is 0 Å². The highest BCUT2D eigenvalue weighted by atomic mass is 14.4. The summed E-state index contributed by atoms with van der Waals surface area (Å²) in [4.78, 5) is 0. The van der Waals surface area contributed by atoms with Gasteiger partial charge in [-0.25, -0.2) is 0 Å². The van der Waals surface area contributed by atoms with Crippen LogP contribution in [0.1, 0.15) is 48.0 Å². The lowest BCUT2D eigenvalue weighted by atomic mass is 9.77. The van der Waals surface area contributed by atoms with E-state index in [1.807, 2.05) is 0 Å². The van der Waals surface area contributed by atoms with Crippen LogP contribution >= 0.6 is 0 Å². The third-order valence-corrected chi connectivity index (χ3v) is 3.45. The summed E-state index contributed by atoms with van der Waals surface area (Å²) in [6.07, 6.45) is 8.36. The maximum Gasteiger partial charge on any atom is -0.00817 e. The Morgan fingerprint density at radius 2 is 1.93 bits per heavy atom. The minimum Gasteiger partial charge on any atom is -0.0844 e. The van der Waals surface area contributed by atoms with Crippen LogP contribution < -0.4 is 0 Å². The van der Waals surface area contributed by atoms with Gasteiger partial charge >= 0.3 is 0 Å². The van der Waals surface area contributed by atoms with Crippen molar-refractivity contribution in [1.29, 1.82) is 0 Å². The predicted octanol–water partition coefficient (Wildman–Crippen LogP) is 4.58. The van der Waals surface area contributed by atoms with Gasteiger partial charge in [-0.15, -0.1) is 0 Å². The van der Waals surface area contributed by atoms with Crippen LogP contribution in [0.3, 0.4) is 0 Å². The molecule has 14 heavy (non-hydrogen) atoms. The lowest BCUT2D eigenvalue weighted by Gasteiger charge is -2.28. The maximum absolute atomic E-state index is 2.41. The van der Waals surface area contributed by atoms with Gasteiger partial charge in [0.05, 0.1) is 0 Å². The third kappa shape index (κ3) is 2.50. The molecule has 0 N–H and O–H groups in total. The van der Waals surface area contributed by atoms with E-state index >= 15 is 0 Å². The van der Waals surface area contributed by atoms with E-state index in [1.165, 1.54) is 6.42 Å². The van der Waals surface area contributed by atoms with Gasteiger partial charge in [0, 0.05) is 0 Å². The molecular formula is C14H24. The summed E-state index contributed by atoms with van der Waals surface area (Å²) in [5, 5.41) is 0. The minimum absolute atomic E-state index is 0.312. The molecule has 1 atom stereocenters. The molecule has 0 spiro atoms. The zero-order valence-corrected chi connectivity index (χ0v) is 10.5. The lowest BCUT2D eigenvalue weighted by molar-refractivity contribution is 0.348. The maximum atomic E-state index is 2.41. The van der Waals surface area contributed by atoms with Gasteiger partial charge < -0.3 is 0 Å². The molecule has 0 heterocycles.